The van der Waals surface area contributed by atoms with Crippen LogP contribution in [0.4, 0.5) is 0 Å². The lowest BCUT2D eigenvalue weighted by molar-refractivity contribution is 0.0587. The van der Waals surface area contributed by atoms with Gasteiger partial charge in [-0.25, -0.2) is 0 Å². The van der Waals surface area contributed by atoms with Crippen molar-refractivity contribution in [1.29, 1.82) is 0 Å². The molecule has 1 nitrogen and oxygen atoms in total. The van der Waals surface area contributed by atoms with Crippen LogP contribution in [0.25, 0.3) is 0 Å². The summed E-state index contributed by atoms with van der Waals surface area (Å²) in [7, 11) is 0. The molecule has 1 N–H and O–H groups in total. The molecule has 3 rings (SSSR count). The van der Waals surface area contributed by atoms with E-state index in [1.54, 1.807) is 5.57 Å². The van der Waals surface area contributed by atoms with E-state index in [1.807, 2.05) is 0 Å². The van der Waals surface area contributed by atoms with E-state index >= 15 is 0 Å². The molecule has 158 valence electrons. The third-order valence-corrected chi connectivity index (χ3v) is 8.86. The Labute approximate surface area is 174 Å². The van der Waals surface area contributed by atoms with Crippen molar-refractivity contribution in [2.45, 2.75) is 98.5 Å². The largest absolute Gasteiger partial charge is 0.393 e. The monoisotopic (exact) mass is 384 g/mol. The summed E-state index contributed by atoms with van der Waals surface area (Å²) in [5.74, 6) is 4.09. The minimum Gasteiger partial charge on any atom is -0.393 e. The van der Waals surface area contributed by atoms with Gasteiger partial charge in [-0.1, -0.05) is 70.9 Å². The molecule has 0 heterocycles. The molecule has 0 bridgehead atoms. The molecule has 3 aliphatic rings. The van der Waals surface area contributed by atoms with Gasteiger partial charge in [-0.15, -0.1) is 0 Å². The second-order valence-electron chi connectivity index (χ2n) is 10.7. The highest BCUT2D eigenvalue weighted by Crippen LogP contribution is 2.60. The maximum atomic E-state index is 10.0. The van der Waals surface area contributed by atoms with E-state index in [4.69, 9.17) is 0 Å². The van der Waals surface area contributed by atoms with Gasteiger partial charge in [0.25, 0.3) is 0 Å². The molecule has 1 unspecified atom stereocenters. The smallest absolute Gasteiger partial charge is 0.0583 e. The molecule has 3 aliphatic carbocycles. The average molecular weight is 385 g/mol. The Kier molecular flexibility index (Phi) is 6.96. The van der Waals surface area contributed by atoms with Gasteiger partial charge in [0.1, 0.15) is 0 Å². The van der Waals surface area contributed by atoms with Crippen molar-refractivity contribution in [3.63, 3.8) is 0 Å². The summed E-state index contributed by atoms with van der Waals surface area (Å²) < 4.78 is 0. The van der Waals surface area contributed by atoms with Gasteiger partial charge in [0, 0.05) is 0 Å². The van der Waals surface area contributed by atoms with E-state index in [0.29, 0.717) is 5.41 Å². The first kappa shape index (κ1) is 21.9. The lowest BCUT2D eigenvalue weighted by Crippen LogP contribution is -2.38. The zero-order valence-electron chi connectivity index (χ0n) is 19.1. The number of hydrogen-bond acceptors (Lipinski definition) is 1. The normalized spacial score (nSPS) is 38.8. The van der Waals surface area contributed by atoms with Crippen molar-refractivity contribution in [3.05, 3.63) is 35.5 Å². The Morgan fingerprint density at radius 3 is 2.57 bits per heavy atom. The zero-order chi connectivity index (χ0) is 20.5. The Balaban J connectivity index is 1.80. The Bertz CT molecular complexity index is 624. The SMILES string of the molecule is C=C1CC[C@H](O)C/C1=C/C=C1\CCC[C@]2(C)[C@@H]([C@H](C)C(CC)C(C)C)CC[C@@H]12. The summed E-state index contributed by atoms with van der Waals surface area (Å²) >= 11 is 0. The third kappa shape index (κ3) is 4.20. The highest BCUT2D eigenvalue weighted by Gasteiger charge is 2.51. The van der Waals surface area contributed by atoms with Crippen LogP contribution in [0, 0.1) is 35.0 Å². The number of fused-ring (bicyclic) bond motifs is 1. The van der Waals surface area contributed by atoms with Crippen molar-refractivity contribution < 1.29 is 5.11 Å². The van der Waals surface area contributed by atoms with Crippen LogP contribution in [0.2, 0.25) is 0 Å². The fourth-order valence-corrected chi connectivity index (χ4v) is 7.29. The minimum absolute atomic E-state index is 0.175. The van der Waals surface area contributed by atoms with Gasteiger partial charge in [0.15, 0.2) is 0 Å². The second-order valence-corrected chi connectivity index (χ2v) is 10.7. The van der Waals surface area contributed by atoms with Crippen molar-refractivity contribution in [3.8, 4) is 0 Å². The summed E-state index contributed by atoms with van der Waals surface area (Å²) in [5, 5.41) is 10.0. The number of rotatable bonds is 5. The van der Waals surface area contributed by atoms with Gasteiger partial charge >= 0.3 is 0 Å². The van der Waals surface area contributed by atoms with Crippen LogP contribution >= 0.6 is 0 Å². The van der Waals surface area contributed by atoms with Crippen LogP contribution < -0.4 is 0 Å². The van der Waals surface area contributed by atoms with Gasteiger partial charge in [-0.2, -0.15) is 0 Å². The molecule has 3 saturated carbocycles. The van der Waals surface area contributed by atoms with Gasteiger partial charge < -0.3 is 5.11 Å². The zero-order valence-corrected chi connectivity index (χ0v) is 19.1. The number of aliphatic hydroxyl groups excluding tert-OH is 1. The van der Waals surface area contributed by atoms with E-state index in [2.05, 4.69) is 53.3 Å². The molecular formula is C27H44O. The van der Waals surface area contributed by atoms with Crippen molar-refractivity contribution in [2.75, 3.05) is 0 Å². The number of hydrogen-bond donors (Lipinski definition) is 1. The van der Waals surface area contributed by atoms with Crippen LogP contribution in [-0.2, 0) is 0 Å². The van der Waals surface area contributed by atoms with Crippen molar-refractivity contribution >= 4 is 0 Å². The van der Waals surface area contributed by atoms with E-state index < -0.39 is 0 Å². The van der Waals surface area contributed by atoms with Gasteiger partial charge in [0.2, 0.25) is 0 Å². The first-order valence-electron chi connectivity index (χ1n) is 12.0. The van der Waals surface area contributed by atoms with Crippen LogP contribution in [0.3, 0.4) is 0 Å². The summed E-state index contributed by atoms with van der Waals surface area (Å²) in [6.07, 6.45) is 15.3. The highest BCUT2D eigenvalue weighted by atomic mass is 16.3. The highest BCUT2D eigenvalue weighted by molar-refractivity contribution is 5.36. The van der Waals surface area contributed by atoms with Gasteiger partial charge in [-0.3, -0.25) is 0 Å². The first-order valence-corrected chi connectivity index (χ1v) is 12.0. The van der Waals surface area contributed by atoms with Crippen LogP contribution in [-0.4, -0.2) is 11.2 Å². The number of allylic oxidation sites excluding steroid dienone is 4. The standard InChI is InChI=1S/C27H44O/c1-7-24(18(2)3)20(5)25-14-15-26-21(9-8-16-27(25,26)6)11-12-22-17-23(28)13-10-19(22)4/h11-12,18,20,23-26,28H,4,7-10,13-17H2,1-3,5-6H3/b21-11+,22-12-/t20-,23+,24?,25-,26+,27-/m1/s1. The maximum Gasteiger partial charge on any atom is 0.0583 e. The van der Waals surface area contributed by atoms with Crippen LogP contribution in [0.1, 0.15) is 92.4 Å². The molecule has 28 heavy (non-hydrogen) atoms. The van der Waals surface area contributed by atoms with E-state index in [9.17, 15) is 5.11 Å². The van der Waals surface area contributed by atoms with Crippen molar-refractivity contribution in [1.82, 2.24) is 0 Å². The molecule has 0 saturated heterocycles. The predicted molar refractivity (Wildman–Crippen MR) is 121 cm³/mol. The number of aliphatic hydroxyl groups is 1. The topological polar surface area (TPSA) is 20.2 Å². The predicted octanol–water partition coefficient (Wildman–Crippen LogP) is 7.47. The molecule has 0 spiro atoms. The fraction of sp³-hybridized carbons (Fsp3) is 0.778. The summed E-state index contributed by atoms with van der Waals surface area (Å²) in [6.45, 7) is 16.6. The minimum atomic E-state index is -0.175. The molecule has 1 heteroatoms. The molecule has 6 atom stereocenters. The lowest BCUT2D eigenvalue weighted by Gasteiger charge is -2.46. The molecular weight excluding hydrogens is 340 g/mol. The molecule has 0 aliphatic heterocycles. The summed E-state index contributed by atoms with van der Waals surface area (Å²) in [4.78, 5) is 0. The first-order chi connectivity index (χ1) is 13.3. The molecule has 0 aromatic heterocycles. The molecule has 0 amide bonds. The Hall–Kier alpha value is -0.820. The van der Waals surface area contributed by atoms with E-state index in [1.165, 1.54) is 49.7 Å². The van der Waals surface area contributed by atoms with E-state index in [-0.39, 0.29) is 6.10 Å². The summed E-state index contributed by atoms with van der Waals surface area (Å²) in [6, 6.07) is 0. The average Bonchev–Trinajstić information content (AvgIpc) is 3.00. The summed E-state index contributed by atoms with van der Waals surface area (Å²) in [5.41, 5.74) is 4.68. The fourth-order valence-electron chi connectivity index (χ4n) is 7.29. The van der Waals surface area contributed by atoms with Gasteiger partial charge in [-0.05, 0) is 91.9 Å². The van der Waals surface area contributed by atoms with E-state index in [0.717, 1.165) is 48.9 Å². The Morgan fingerprint density at radius 1 is 1.14 bits per heavy atom. The van der Waals surface area contributed by atoms with Crippen LogP contribution in [0.15, 0.2) is 35.5 Å². The lowest BCUT2D eigenvalue weighted by atomic mass is 9.59. The van der Waals surface area contributed by atoms with Gasteiger partial charge in [0.05, 0.1) is 6.10 Å². The Morgan fingerprint density at radius 2 is 1.89 bits per heavy atom. The maximum absolute atomic E-state index is 10.0. The third-order valence-electron chi connectivity index (χ3n) is 8.86. The quantitative estimate of drug-likeness (QED) is 0.521. The molecule has 3 fully saturated rings. The molecule has 0 aromatic carbocycles. The van der Waals surface area contributed by atoms with Crippen LogP contribution in [0.5, 0.6) is 0 Å². The molecule has 0 aromatic rings. The molecule has 0 radical (unpaired) electrons. The van der Waals surface area contributed by atoms with Crippen molar-refractivity contribution in [2.24, 2.45) is 35.0 Å². The second kappa shape index (κ2) is 8.90.